The lowest BCUT2D eigenvalue weighted by Gasteiger charge is -2.32. The molecule has 1 heterocycles. The van der Waals surface area contributed by atoms with Crippen molar-refractivity contribution >= 4 is 0 Å². The Hall–Kier alpha value is -0.900. The lowest BCUT2D eigenvalue weighted by atomic mass is 9.98. The Labute approximate surface area is 110 Å². The zero-order valence-electron chi connectivity index (χ0n) is 11.0. The summed E-state index contributed by atoms with van der Waals surface area (Å²) in [4.78, 5) is 2.44. The van der Waals surface area contributed by atoms with Crippen LogP contribution in [-0.2, 0) is 0 Å². The number of likely N-dealkylation sites (tertiary alicyclic amines) is 1. The Morgan fingerprint density at radius 3 is 2.83 bits per heavy atom. The van der Waals surface area contributed by atoms with Crippen LogP contribution < -0.4 is 5.73 Å². The van der Waals surface area contributed by atoms with Crippen molar-refractivity contribution in [2.45, 2.75) is 25.3 Å². The minimum Gasteiger partial charge on any atom is -0.396 e. The van der Waals surface area contributed by atoms with Crippen LogP contribution >= 0.6 is 0 Å². The molecule has 3 N–H and O–H groups in total. The molecule has 1 aromatic carbocycles. The summed E-state index contributed by atoms with van der Waals surface area (Å²) in [6.45, 7) is 3.53. The third-order valence-corrected chi connectivity index (χ3v) is 3.85. The van der Waals surface area contributed by atoms with E-state index in [4.69, 9.17) is 5.73 Å². The van der Waals surface area contributed by atoms with E-state index >= 15 is 0 Å². The highest BCUT2D eigenvalue weighted by Crippen LogP contribution is 2.18. The smallest absolute Gasteiger partial charge is 0.0471 e. The molecule has 1 saturated heterocycles. The standard InChI is InChI=1S/C15H24N2O/c16-15(14-6-2-1-3-7-14)8-10-17-9-4-5-13(11-17)12-18/h1-3,6-7,13,15,18H,4-5,8-12,16H2. The van der Waals surface area contributed by atoms with Gasteiger partial charge in [0.05, 0.1) is 0 Å². The van der Waals surface area contributed by atoms with Crippen LogP contribution in [-0.4, -0.2) is 36.2 Å². The number of nitrogens with two attached hydrogens (primary N) is 1. The van der Waals surface area contributed by atoms with E-state index in [1.165, 1.54) is 12.0 Å². The first-order valence-corrected chi connectivity index (χ1v) is 6.93. The van der Waals surface area contributed by atoms with Crippen LogP contribution in [0.3, 0.4) is 0 Å². The third-order valence-electron chi connectivity index (χ3n) is 3.85. The first-order chi connectivity index (χ1) is 8.79. The molecule has 0 aromatic heterocycles. The van der Waals surface area contributed by atoms with E-state index in [1.807, 2.05) is 18.2 Å². The van der Waals surface area contributed by atoms with E-state index in [0.29, 0.717) is 12.5 Å². The second-order valence-corrected chi connectivity index (χ2v) is 5.30. The van der Waals surface area contributed by atoms with Gasteiger partial charge in [0.1, 0.15) is 0 Å². The predicted octanol–water partition coefficient (Wildman–Crippen LogP) is 1.78. The largest absolute Gasteiger partial charge is 0.396 e. The fourth-order valence-corrected chi connectivity index (χ4v) is 2.69. The van der Waals surface area contributed by atoms with Crippen LogP contribution in [0, 0.1) is 5.92 Å². The molecule has 1 aromatic rings. The van der Waals surface area contributed by atoms with Crippen molar-refractivity contribution in [3.05, 3.63) is 35.9 Å². The van der Waals surface area contributed by atoms with E-state index in [9.17, 15) is 5.11 Å². The maximum atomic E-state index is 9.21. The predicted molar refractivity (Wildman–Crippen MR) is 74.2 cm³/mol. The summed E-state index contributed by atoms with van der Waals surface area (Å²) in [5.74, 6) is 0.465. The van der Waals surface area contributed by atoms with Crippen LogP contribution in [0.5, 0.6) is 0 Å². The molecule has 0 spiro atoms. The lowest BCUT2D eigenvalue weighted by Crippen LogP contribution is -2.38. The molecule has 2 rings (SSSR count). The van der Waals surface area contributed by atoms with Gasteiger partial charge in [-0.05, 0) is 43.8 Å². The highest BCUT2D eigenvalue weighted by molar-refractivity contribution is 5.18. The van der Waals surface area contributed by atoms with Gasteiger partial charge in [-0.1, -0.05) is 30.3 Å². The first-order valence-electron chi connectivity index (χ1n) is 6.93. The topological polar surface area (TPSA) is 49.5 Å². The van der Waals surface area contributed by atoms with E-state index < -0.39 is 0 Å². The number of aliphatic hydroxyl groups is 1. The second kappa shape index (κ2) is 6.88. The zero-order valence-corrected chi connectivity index (χ0v) is 11.0. The van der Waals surface area contributed by atoms with E-state index in [2.05, 4.69) is 17.0 Å². The molecule has 1 aliphatic rings. The first kappa shape index (κ1) is 13.5. The molecule has 0 aliphatic carbocycles. The molecule has 18 heavy (non-hydrogen) atoms. The van der Waals surface area contributed by atoms with Gasteiger partial charge in [-0.25, -0.2) is 0 Å². The van der Waals surface area contributed by atoms with Crippen LogP contribution in [0.2, 0.25) is 0 Å². The Morgan fingerprint density at radius 2 is 2.11 bits per heavy atom. The number of hydrogen-bond acceptors (Lipinski definition) is 3. The van der Waals surface area contributed by atoms with Crippen molar-refractivity contribution in [1.29, 1.82) is 0 Å². The van der Waals surface area contributed by atoms with Crippen molar-refractivity contribution in [2.24, 2.45) is 11.7 Å². The van der Waals surface area contributed by atoms with Crippen molar-refractivity contribution in [3.63, 3.8) is 0 Å². The van der Waals surface area contributed by atoms with Crippen molar-refractivity contribution in [3.8, 4) is 0 Å². The van der Waals surface area contributed by atoms with Gasteiger partial charge >= 0.3 is 0 Å². The third kappa shape index (κ3) is 3.80. The van der Waals surface area contributed by atoms with Crippen LogP contribution in [0.4, 0.5) is 0 Å². The normalized spacial score (nSPS) is 22.9. The van der Waals surface area contributed by atoms with Gasteiger partial charge in [-0.2, -0.15) is 0 Å². The van der Waals surface area contributed by atoms with Gasteiger partial charge in [-0.15, -0.1) is 0 Å². The summed E-state index contributed by atoms with van der Waals surface area (Å²) in [5.41, 5.74) is 7.42. The van der Waals surface area contributed by atoms with Gasteiger partial charge in [0.25, 0.3) is 0 Å². The Morgan fingerprint density at radius 1 is 1.33 bits per heavy atom. The molecule has 1 fully saturated rings. The highest BCUT2D eigenvalue weighted by Gasteiger charge is 2.19. The molecule has 0 radical (unpaired) electrons. The molecule has 0 bridgehead atoms. The van der Waals surface area contributed by atoms with Crippen LogP contribution in [0.15, 0.2) is 30.3 Å². The van der Waals surface area contributed by atoms with Crippen LogP contribution in [0.25, 0.3) is 0 Å². The van der Waals surface area contributed by atoms with Gasteiger partial charge in [0.15, 0.2) is 0 Å². The summed E-state index contributed by atoms with van der Waals surface area (Å²) >= 11 is 0. The van der Waals surface area contributed by atoms with Crippen molar-refractivity contribution in [2.75, 3.05) is 26.2 Å². The summed E-state index contributed by atoms with van der Waals surface area (Å²) < 4.78 is 0. The fourth-order valence-electron chi connectivity index (χ4n) is 2.69. The van der Waals surface area contributed by atoms with Gasteiger partial charge in [0, 0.05) is 19.2 Å². The Balaban J connectivity index is 1.77. The van der Waals surface area contributed by atoms with Crippen molar-refractivity contribution < 1.29 is 5.11 Å². The number of hydrogen-bond donors (Lipinski definition) is 2. The summed E-state index contributed by atoms with van der Waals surface area (Å²) in [6.07, 6.45) is 3.35. The van der Waals surface area contributed by atoms with Gasteiger partial charge in [-0.3, -0.25) is 0 Å². The number of rotatable bonds is 5. The van der Waals surface area contributed by atoms with Gasteiger partial charge < -0.3 is 15.7 Å². The van der Waals surface area contributed by atoms with Crippen LogP contribution in [0.1, 0.15) is 30.9 Å². The molecule has 3 heteroatoms. The maximum Gasteiger partial charge on any atom is 0.0471 e. The average Bonchev–Trinajstić information content (AvgIpc) is 2.46. The minimum absolute atomic E-state index is 0.126. The number of nitrogens with zero attached hydrogens (tertiary/aromatic N) is 1. The van der Waals surface area contributed by atoms with E-state index in [0.717, 1.165) is 32.5 Å². The van der Waals surface area contributed by atoms with Crippen molar-refractivity contribution in [1.82, 2.24) is 4.90 Å². The molecule has 1 aliphatic heterocycles. The van der Waals surface area contributed by atoms with E-state index in [-0.39, 0.29) is 6.04 Å². The summed E-state index contributed by atoms with van der Waals surface area (Å²) in [5, 5.41) is 9.21. The molecular weight excluding hydrogens is 224 g/mol. The van der Waals surface area contributed by atoms with E-state index in [1.54, 1.807) is 0 Å². The summed E-state index contributed by atoms with van der Waals surface area (Å²) in [7, 11) is 0. The fraction of sp³-hybridized carbons (Fsp3) is 0.600. The van der Waals surface area contributed by atoms with Gasteiger partial charge in [0.2, 0.25) is 0 Å². The minimum atomic E-state index is 0.126. The number of benzene rings is 1. The molecule has 0 amide bonds. The quantitative estimate of drug-likeness (QED) is 0.835. The SMILES string of the molecule is NC(CCN1CCCC(CO)C1)c1ccccc1. The zero-order chi connectivity index (χ0) is 12.8. The molecule has 100 valence electrons. The lowest BCUT2D eigenvalue weighted by molar-refractivity contribution is 0.118. The molecule has 2 unspecified atom stereocenters. The molecular formula is C15H24N2O. The average molecular weight is 248 g/mol. The molecule has 3 nitrogen and oxygen atoms in total. The summed E-state index contributed by atoms with van der Waals surface area (Å²) in [6, 6.07) is 10.4. The number of aliphatic hydroxyl groups excluding tert-OH is 1. The Bertz CT molecular complexity index is 342. The molecule has 0 saturated carbocycles. The monoisotopic (exact) mass is 248 g/mol. The highest BCUT2D eigenvalue weighted by atomic mass is 16.3. The maximum absolute atomic E-state index is 9.21. The second-order valence-electron chi connectivity index (χ2n) is 5.30. The Kier molecular flexibility index (Phi) is 5.17. The molecule has 2 atom stereocenters. The number of piperidine rings is 1.